The fourth-order valence-electron chi connectivity index (χ4n) is 1.10. The summed E-state index contributed by atoms with van der Waals surface area (Å²) in [7, 11) is 4.18. The number of nitrogens with one attached hydrogen (secondary N) is 2. The molecule has 0 aromatic carbocycles. The normalized spacial score (nSPS) is 12.3. The van der Waals surface area contributed by atoms with Gasteiger partial charge in [-0.3, -0.25) is 0 Å². The quantitative estimate of drug-likeness (QED) is 0.697. The van der Waals surface area contributed by atoms with E-state index in [0.717, 1.165) is 26.2 Å². The Morgan fingerprint density at radius 1 is 0.833 bits per heavy atom. The maximum Gasteiger partial charge on any atom is 0.0101 e. The molecule has 4 heteroatoms. The SMILES string of the molecule is CC(C)(C)NCCN.CN(C)CCNC(C)(C)C. The Hall–Kier alpha value is -0.160. The third kappa shape index (κ3) is 24.9. The van der Waals surface area contributed by atoms with Gasteiger partial charge in [0.1, 0.15) is 0 Å². The van der Waals surface area contributed by atoms with Gasteiger partial charge in [-0.1, -0.05) is 0 Å². The molecule has 0 atom stereocenters. The molecule has 0 saturated carbocycles. The van der Waals surface area contributed by atoms with Gasteiger partial charge in [0.25, 0.3) is 0 Å². The fraction of sp³-hybridized carbons (Fsp3) is 1.00. The van der Waals surface area contributed by atoms with Crippen molar-refractivity contribution in [3.05, 3.63) is 0 Å². The van der Waals surface area contributed by atoms with Gasteiger partial charge < -0.3 is 21.3 Å². The van der Waals surface area contributed by atoms with Gasteiger partial charge in [0.2, 0.25) is 0 Å². The van der Waals surface area contributed by atoms with Crippen molar-refractivity contribution in [2.75, 3.05) is 40.3 Å². The molecule has 0 aliphatic carbocycles. The maximum atomic E-state index is 5.27. The molecule has 0 aromatic heterocycles. The summed E-state index contributed by atoms with van der Waals surface area (Å²) in [6.45, 7) is 16.7. The molecular weight excluding hydrogens is 224 g/mol. The van der Waals surface area contributed by atoms with E-state index in [1.54, 1.807) is 0 Å². The van der Waals surface area contributed by atoms with Crippen LogP contribution in [0.1, 0.15) is 41.5 Å². The summed E-state index contributed by atoms with van der Waals surface area (Å²) in [5.74, 6) is 0. The third-order valence-electron chi connectivity index (χ3n) is 2.01. The van der Waals surface area contributed by atoms with Gasteiger partial charge in [0, 0.05) is 37.3 Å². The van der Waals surface area contributed by atoms with Crippen LogP contribution in [0.4, 0.5) is 0 Å². The minimum absolute atomic E-state index is 0.222. The summed E-state index contributed by atoms with van der Waals surface area (Å²) < 4.78 is 0. The van der Waals surface area contributed by atoms with E-state index in [0.29, 0.717) is 0 Å². The molecular formula is C14H36N4. The molecule has 18 heavy (non-hydrogen) atoms. The molecule has 0 aliphatic rings. The zero-order chi connectivity index (χ0) is 14.8. The average Bonchev–Trinajstić information content (AvgIpc) is 2.11. The van der Waals surface area contributed by atoms with Gasteiger partial charge >= 0.3 is 0 Å². The summed E-state index contributed by atoms with van der Waals surface area (Å²) >= 11 is 0. The van der Waals surface area contributed by atoms with Gasteiger partial charge in [-0.2, -0.15) is 0 Å². The second kappa shape index (κ2) is 9.73. The van der Waals surface area contributed by atoms with Gasteiger partial charge in [-0.15, -0.1) is 0 Å². The monoisotopic (exact) mass is 260 g/mol. The Morgan fingerprint density at radius 3 is 1.44 bits per heavy atom. The molecule has 4 N–H and O–H groups in total. The first-order chi connectivity index (χ1) is 7.98. The number of rotatable bonds is 5. The summed E-state index contributed by atoms with van der Waals surface area (Å²) in [6.07, 6.45) is 0. The zero-order valence-electron chi connectivity index (χ0n) is 13.9. The maximum absolute atomic E-state index is 5.27. The Bertz CT molecular complexity index is 177. The van der Waals surface area contributed by atoms with E-state index in [4.69, 9.17) is 5.73 Å². The van der Waals surface area contributed by atoms with E-state index in [-0.39, 0.29) is 11.1 Å². The van der Waals surface area contributed by atoms with Crippen LogP contribution in [0.15, 0.2) is 0 Å². The van der Waals surface area contributed by atoms with Crippen LogP contribution in [-0.2, 0) is 0 Å². The number of likely N-dealkylation sites (N-methyl/N-ethyl adjacent to an activating group) is 1. The Balaban J connectivity index is 0. The lowest BCUT2D eigenvalue weighted by molar-refractivity contribution is 0.354. The number of nitrogens with two attached hydrogens (primary N) is 1. The van der Waals surface area contributed by atoms with Gasteiger partial charge in [-0.25, -0.2) is 0 Å². The van der Waals surface area contributed by atoms with Crippen molar-refractivity contribution < 1.29 is 0 Å². The minimum atomic E-state index is 0.222. The van der Waals surface area contributed by atoms with Crippen molar-refractivity contribution in [2.45, 2.75) is 52.6 Å². The van der Waals surface area contributed by atoms with Crippen molar-refractivity contribution in [1.82, 2.24) is 15.5 Å². The van der Waals surface area contributed by atoms with Crippen LogP contribution in [0.5, 0.6) is 0 Å². The highest BCUT2D eigenvalue weighted by Crippen LogP contribution is 1.96. The standard InChI is InChI=1S/C8H20N2.C6H16N2/c1-8(2,3)9-6-7-10(4)5;1-6(2,3)8-5-4-7/h9H,6-7H2,1-5H3;8H,4-5,7H2,1-3H3. The fourth-order valence-corrected chi connectivity index (χ4v) is 1.10. The summed E-state index contributed by atoms with van der Waals surface area (Å²) in [6, 6.07) is 0. The number of hydrogen-bond acceptors (Lipinski definition) is 4. The first-order valence-electron chi connectivity index (χ1n) is 6.83. The molecule has 0 heterocycles. The average molecular weight is 260 g/mol. The predicted octanol–water partition coefficient (Wildman–Crippen LogP) is 1.27. The van der Waals surface area contributed by atoms with Crippen LogP contribution in [-0.4, -0.2) is 56.3 Å². The number of nitrogens with zero attached hydrogens (tertiary/aromatic N) is 1. The summed E-state index contributed by atoms with van der Waals surface area (Å²) in [5, 5.41) is 6.66. The highest BCUT2D eigenvalue weighted by molar-refractivity contribution is 4.70. The molecule has 0 unspecified atom stereocenters. The van der Waals surface area contributed by atoms with Crippen molar-refractivity contribution in [2.24, 2.45) is 5.73 Å². The Kier molecular flexibility index (Phi) is 10.9. The Morgan fingerprint density at radius 2 is 1.22 bits per heavy atom. The van der Waals surface area contributed by atoms with Crippen LogP contribution < -0.4 is 16.4 Å². The smallest absolute Gasteiger partial charge is 0.0101 e. The highest BCUT2D eigenvalue weighted by Gasteiger charge is 2.07. The van der Waals surface area contributed by atoms with E-state index in [1.165, 1.54) is 0 Å². The zero-order valence-corrected chi connectivity index (χ0v) is 13.9. The molecule has 0 bridgehead atoms. The largest absolute Gasteiger partial charge is 0.329 e. The van der Waals surface area contributed by atoms with E-state index < -0.39 is 0 Å². The van der Waals surface area contributed by atoms with Crippen LogP contribution in [0.25, 0.3) is 0 Å². The summed E-state index contributed by atoms with van der Waals surface area (Å²) in [4.78, 5) is 2.18. The van der Waals surface area contributed by atoms with Crippen molar-refractivity contribution in [3.8, 4) is 0 Å². The van der Waals surface area contributed by atoms with Crippen LogP contribution in [0.2, 0.25) is 0 Å². The van der Waals surface area contributed by atoms with E-state index in [1.807, 2.05) is 0 Å². The topological polar surface area (TPSA) is 53.3 Å². The minimum Gasteiger partial charge on any atom is -0.329 e. The van der Waals surface area contributed by atoms with Gasteiger partial charge in [-0.05, 0) is 55.6 Å². The first kappa shape index (κ1) is 20.2. The molecule has 0 radical (unpaired) electrons. The predicted molar refractivity (Wildman–Crippen MR) is 83.1 cm³/mol. The highest BCUT2D eigenvalue weighted by atomic mass is 15.1. The van der Waals surface area contributed by atoms with E-state index >= 15 is 0 Å². The van der Waals surface area contributed by atoms with E-state index in [2.05, 4.69) is 71.2 Å². The molecule has 0 amide bonds. The van der Waals surface area contributed by atoms with Crippen molar-refractivity contribution in [3.63, 3.8) is 0 Å². The second-order valence-electron chi connectivity index (χ2n) is 6.95. The molecule has 112 valence electrons. The molecule has 0 aromatic rings. The van der Waals surface area contributed by atoms with Gasteiger partial charge in [0.05, 0.1) is 0 Å². The molecule has 0 saturated heterocycles. The first-order valence-corrected chi connectivity index (χ1v) is 6.83. The van der Waals surface area contributed by atoms with Crippen LogP contribution >= 0.6 is 0 Å². The lowest BCUT2D eigenvalue weighted by Gasteiger charge is -2.21. The van der Waals surface area contributed by atoms with E-state index in [9.17, 15) is 0 Å². The third-order valence-corrected chi connectivity index (χ3v) is 2.01. The molecule has 0 fully saturated rings. The second-order valence-corrected chi connectivity index (χ2v) is 6.95. The molecule has 0 rings (SSSR count). The number of hydrogen-bond donors (Lipinski definition) is 3. The Labute approximate surface area is 115 Å². The van der Waals surface area contributed by atoms with Gasteiger partial charge in [0.15, 0.2) is 0 Å². The van der Waals surface area contributed by atoms with Crippen LogP contribution in [0.3, 0.4) is 0 Å². The van der Waals surface area contributed by atoms with Crippen molar-refractivity contribution in [1.29, 1.82) is 0 Å². The molecule has 0 aliphatic heterocycles. The molecule has 4 nitrogen and oxygen atoms in total. The molecule has 0 spiro atoms. The van der Waals surface area contributed by atoms with Crippen molar-refractivity contribution >= 4 is 0 Å². The van der Waals surface area contributed by atoms with Crippen LogP contribution in [0, 0.1) is 0 Å². The lowest BCUT2D eigenvalue weighted by Crippen LogP contribution is -2.39. The summed E-state index contributed by atoms with van der Waals surface area (Å²) in [5.41, 5.74) is 5.75. The lowest BCUT2D eigenvalue weighted by atomic mass is 10.1.